The minimum Gasteiger partial charge on any atom is -0.491 e. The highest BCUT2D eigenvalue weighted by Crippen LogP contribution is 2.66. The minimum atomic E-state index is -2.04. The smallest absolute Gasteiger partial charge is 0.329 e. The molecule has 0 unspecified atom stereocenters. The molecule has 6 aromatic rings. The second kappa shape index (κ2) is 22.3. The van der Waals surface area contributed by atoms with Gasteiger partial charge in [-0.25, -0.2) is 9.69 Å². The number of cyclic esters (lactones) is 1. The summed E-state index contributed by atoms with van der Waals surface area (Å²) in [6.07, 6.45) is 3.77. The molecule has 80 heavy (non-hydrogen) atoms. The summed E-state index contributed by atoms with van der Waals surface area (Å²) >= 11 is 0. The summed E-state index contributed by atoms with van der Waals surface area (Å²) in [7, 11) is 0. The first-order valence-corrected chi connectivity index (χ1v) is 28.0. The van der Waals surface area contributed by atoms with Gasteiger partial charge in [-0.15, -0.1) is 0 Å². The molecule has 0 radical (unpaired) electrons. The summed E-state index contributed by atoms with van der Waals surface area (Å²) < 4.78 is 24.2. The van der Waals surface area contributed by atoms with Crippen molar-refractivity contribution in [3.8, 4) is 29.1 Å². The van der Waals surface area contributed by atoms with Gasteiger partial charge in [0.25, 0.3) is 0 Å². The minimum absolute atomic E-state index is 0.0217. The Balaban J connectivity index is 1.07. The zero-order chi connectivity index (χ0) is 55.0. The Morgan fingerprint density at radius 1 is 0.750 bits per heavy atom. The molecule has 3 saturated heterocycles. The summed E-state index contributed by atoms with van der Waals surface area (Å²) in [4.78, 5) is 72.3. The summed E-state index contributed by atoms with van der Waals surface area (Å²) in [5.74, 6) is 4.97. The topological polar surface area (TPSA) is 171 Å². The highest BCUT2D eigenvalue weighted by molar-refractivity contribution is 6.24. The van der Waals surface area contributed by atoms with E-state index in [9.17, 15) is 10.2 Å². The van der Waals surface area contributed by atoms with Crippen molar-refractivity contribution in [1.82, 2.24) is 20.0 Å². The number of carbonyl (C=O) groups excluding carboxylic acids is 4. The van der Waals surface area contributed by atoms with Crippen molar-refractivity contribution >= 4 is 29.5 Å². The van der Waals surface area contributed by atoms with E-state index in [-0.39, 0.29) is 38.8 Å². The van der Waals surface area contributed by atoms with Gasteiger partial charge in [0.15, 0.2) is 11.5 Å². The van der Waals surface area contributed by atoms with E-state index >= 15 is 19.2 Å². The van der Waals surface area contributed by atoms with E-state index in [1.807, 2.05) is 127 Å². The van der Waals surface area contributed by atoms with Crippen LogP contribution in [0.2, 0.25) is 0 Å². The first-order valence-electron chi connectivity index (χ1n) is 28.0. The highest BCUT2D eigenvalue weighted by Gasteiger charge is 2.76. The predicted octanol–water partition coefficient (Wildman–Crippen LogP) is 8.70. The van der Waals surface area contributed by atoms with Crippen LogP contribution in [-0.4, -0.2) is 107 Å². The van der Waals surface area contributed by atoms with Gasteiger partial charge in [-0.1, -0.05) is 134 Å². The number of fused-ring (bicyclic) bond motifs is 4. The van der Waals surface area contributed by atoms with Crippen molar-refractivity contribution < 1.29 is 48.3 Å². The third-order valence-corrected chi connectivity index (χ3v) is 17.0. The van der Waals surface area contributed by atoms with E-state index in [1.54, 1.807) is 41.3 Å². The molecule has 3 N–H and O–H groups in total. The number of piperazine rings is 1. The second-order valence-electron chi connectivity index (χ2n) is 21.8. The number of benzene rings is 6. The number of amides is 4. The number of morpholine rings is 1. The van der Waals surface area contributed by atoms with Gasteiger partial charge >= 0.3 is 12.0 Å². The molecule has 5 aliphatic heterocycles. The number of rotatable bonds is 11. The molecular formula is C65H65N5O10. The van der Waals surface area contributed by atoms with Gasteiger partial charge in [0.05, 0.1) is 36.3 Å². The average molecular weight is 1080 g/mol. The fourth-order valence-electron chi connectivity index (χ4n) is 13.2. The lowest BCUT2D eigenvalue weighted by atomic mass is 9.64. The van der Waals surface area contributed by atoms with E-state index in [1.165, 1.54) is 0 Å². The number of ether oxygens (including phenoxy) is 4. The Morgan fingerprint density at radius 3 is 2.16 bits per heavy atom. The lowest BCUT2D eigenvalue weighted by Crippen LogP contribution is -2.59. The number of urea groups is 1. The maximum atomic E-state index is 17.1. The molecule has 12 rings (SSSR count). The molecule has 7 atom stereocenters. The number of anilines is 1. The van der Waals surface area contributed by atoms with E-state index in [0.717, 1.165) is 47.3 Å². The Labute approximate surface area is 466 Å². The third-order valence-electron chi connectivity index (χ3n) is 17.0. The van der Waals surface area contributed by atoms with E-state index < -0.39 is 71.0 Å². The van der Waals surface area contributed by atoms with Crippen LogP contribution >= 0.6 is 0 Å². The maximum Gasteiger partial charge on any atom is 0.329 e. The fourth-order valence-corrected chi connectivity index (χ4v) is 13.2. The van der Waals surface area contributed by atoms with Crippen LogP contribution in [-0.2, 0) is 31.1 Å². The van der Waals surface area contributed by atoms with Crippen molar-refractivity contribution in [1.29, 1.82) is 0 Å². The molecule has 15 heteroatoms. The fraction of sp³-hybridized carbons (Fsp3) is 0.354. The Bertz CT molecular complexity index is 3330. The van der Waals surface area contributed by atoms with Crippen molar-refractivity contribution in [3.05, 3.63) is 191 Å². The molecule has 15 nitrogen and oxygen atoms in total. The van der Waals surface area contributed by atoms with Gasteiger partial charge in [0.1, 0.15) is 35.5 Å². The van der Waals surface area contributed by atoms with Crippen LogP contribution in [0.25, 0.3) is 0 Å². The van der Waals surface area contributed by atoms with Crippen LogP contribution in [0.3, 0.4) is 0 Å². The number of aliphatic hydroxyl groups is 2. The van der Waals surface area contributed by atoms with Crippen LogP contribution in [0.1, 0.15) is 109 Å². The number of hydrogen-bond donors (Lipinski definition) is 3. The van der Waals surface area contributed by atoms with E-state index in [4.69, 9.17) is 18.9 Å². The Hall–Kier alpha value is -8.00. The largest absolute Gasteiger partial charge is 0.491 e. The summed E-state index contributed by atoms with van der Waals surface area (Å²) in [6.45, 7) is 3.81. The molecule has 6 aromatic carbocycles. The maximum absolute atomic E-state index is 17.1. The van der Waals surface area contributed by atoms with Gasteiger partial charge in [-0.05, 0) is 108 Å². The monoisotopic (exact) mass is 1080 g/mol. The van der Waals surface area contributed by atoms with Crippen LogP contribution < -0.4 is 24.4 Å². The number of imide groups is 1. The molecule has 410 valence electrons. The van der Waals surface area contributed by atoms with Gasteiger partial charge in [-0.2, -0.15) is 0 Å². The molecule has 4 fully saturated rings. The van der Waals surface area contributed by atoms with Crippen molar-refractivity contribution in [2.45, 2.75) is 93.3 Å². The zero-order valence-electron chi connectivity index (χ0n) is 44.7. The SMILES string of the molecule is C[C@@H](NC(=O)N1C(=O)[C@@]2(c3cc(C#CC4(O)CCCCCC4)ccc31)[C@H](c1cccc(OCCO)c1)N1[C@H](c3ccccc3)[C@H](c3ccccc3)OC(=O)[C@H]1[C@@H]2C(=O)N1CCN(Cc2ccc3c(c2)OCO3)CC1)c1ccccc1. The van der Waals surface area contributed by atoms with Crippen LogP contribution in [0, 0.1) is 17.8 Å². The molecule has 6 aliphatic rings. The van der Waals surface area contributed by atoms with Crippen LogP contribution in [0.15, 0.2) is 152 Å². The third kappa shape index (κ3) is 9.74. The number of nitrogens with one attached hydrogen (secondary N) is 1. The summed E-state index contributed by atoms with van der Waals surface area (Å²) in [5.41, 5.74) is 1.59. The lowest BCUT2D eigenvalue weighted by Gasteiger charge is -2.46. The number of nitrogens with zero attached hydrogens (tertiary/aromatic N) is 4. The predicted molar refractivity (Wildman–Crippen MR) is 298 cm³/mol. The first-order chi connectivity index (χ1) is 39.0. The molecule has 1 spiro atoms. The average Bonchev–Trinajstić information content (AvgIpc) is 3.38. The van der Waals surface area contributed by atoms with Crippen LogP contribution in [0.4, 0.5) is 10.5 Å². The number of carbonyl (C=O) groups is 4. The number of aliphatic hydroxyl groups excluding tert-OH is 1. The highest BCUT2D eigenvalue weighted by atomic mass is 16.7. The molecule has 1 saturated carbocycles. The molecule has 1 aliphatic carbocycles. The van der Waals surface area contributed by atoms with Gasteiger partial charge in [0, 0.05) is 38.3 Å². The zero-order valence-corrected chi connectivity index (χ0v) is 44.7. The van der Waals surface area contributed by atoms with Crippen LogP contribution in [0.5, 0.6) is 17.2 Å². The lowest BCUT2D eigenvalue weighted by molar-refractivity contribution is -0.179. The van der Waals surface area contributed by atoms with Gasteiger partial charge in [0.2, 0.25) is 18.6 Å². The van der Waals surface area contributed by atoms with Crippen molar-refractivity contribution in [2.75, 3.05) is 51.1 Å². The Morgan fingerprint density at radius 2 is 1.44 bits per heavy atom. The summed E-state index contributed by atoms with van der Waals surface area (Å²) in [5, 5.41) is 25.0. The number of hydrogen-bond acceptors (Lipinski definition) is 12. The molecule has 5 heterocycles. The van der Waals surface area contributed by atoms with E-state index in [2.05, 4.69) is 22.1 Å². The Kier molecular flexibility index (Phi) is 14.7. The molecule has 0 bridgehead atoms. The normalized spacial score (nSPS) is 24.5. The summed E-state index contributed by atoms with van der Waals surface area (Å²) in [6, 6.07) is 42.4. The standard InChI is InChI=1S/C65H65N5O10/c1-43(46-16-7-4-8-17-46)66-63(75)69-52-26-24-44(28-31-64(76)29-13-2-3-14-30-64)38-51(52)65(62(69)74)55(60(72)68-34-32-67(33-35-68)41-45-25-27-53-54(39-45)79-42-78-53)57-61(73)80-58(48-20-11-6-12-21-48)56(47-18-9-5-10-19-47)70(57)59(65)49-22-15-23-50(40-49)77-37-36-71/h4-12,15-27,38-40,43,55-59,71,76H,2-3,13-14,29-30,32-37,41-42H2,1H3,(H,66,75)/t43-,55-,56-,57-,58+,59+,65-/m1/s1. The quantitative estimate of drug-likeness (QED) is 0.0642. The van der Waals surface area contributed by atoms with Gasteiger partial charge < -0.3 is 39.4 Å². The molecule has 4 amide bonds. The van der Waals surface area contributed by atoms with E-state index in [0.29, 0.717) is 72.0 Å². The number of esters is 1. The molecular weight excluding hydrogens is 1010 g/mol. The van der Waals surface area contributed by atoms with Gasteiger partial charge in [-0.3, -0.25) is 24.2 Å². The first kappa shape index (κ1) is 52.7. The van der Waals surface area contributed by atoms with Crippen molar-refractivity contribution in [2.24, 2.45) is 5.92 Å². The second-order valence-corrected chi connectivity index (χ2v) is 21.8. The molecule has 0 aromatic heterocycles. The van der Waals surface area contributed by atoms with Crippen molar-refractivity contribution in [3.63, 3.8) is 0 Å².